The van der Waals surface area contributed by atoms with Crippen molar-refractivity contribution in [3.05, 3.63) is 77.8 Å². The van der Waals surface area contributed by atoms with Gasteiger partial charge in [-0.3, -0.25) is 4.79 Å². The molecule has 0 saturated heterocycles. The largest absolute Gasteiger partial charge is 0.515 e. The van der Waals surface area contributed by atoms with Gasteiger partial charge in [-0.15, -0.1) is 0 Å². The average Bonchev–Trinajstić information content (AvgIpc) is 2.67. The lowest BCUT2D eigenvalue weighted by Crippen LogP contribution is -2.15. The van der Waals surface area contributed by atoms with Gasteiger partial charge in [-0.1, -0.05) is 30.3 Å². The third-order valence-electron chi connectivity index (χ3n) is 3.49. The molecule has 0 saturated carbocycles. The van der Waals surface area contributed by atoms with Crippen LogP contribution in [-0.2, 0) is 16.1 Å². The lowest BCUT2D eigenvalue weighted by atomic mass is 9.98. The number of hydrogen-bond donors (Lipinski definition) is 2. The molecule has 0 aromatic heterocycles. The maximum Gasteiger partial charge on any atom is 0.163 e. The number of allylic oxidation sites excluding steroid dienone is 4. The summed E-state index contributed by atoms with van der Waals surface area (Å²) in [5.41, 5.74) is 0.680. The molecule has 2 rings (SSSR count). The molecule has 2 N–H and O–H groups in total. The quantitative estimate of drug-likeness (QED) is 0.645. The van der Waals surface area contributed by atoms with Crippen LogP contribution >= 0.6 is 0 Å². The molecule has 0 fully saturated rings. The van der Waals surface area contributed by atoms with Crippen LogP contribution in [-0.4, -0.2) is 21.6 Å². The molecule has 1 aliphatic rings. The van der Waals surface area contributed by atoms with Crippen LogP contribution in [0.25, 0.3) is 5.57 Å². The fraction of sp³-hybridized carbons (Fsp3) is 0.211. The van der Waals surface area contributed by atoms with Gasteiger partial charge in [0, 0.05) is 0 Å². The van der Waals surface area contributed by atoms with Gasteiger partial charge in [-0.2, -0.15) is 0 Å². The van der Waals surface area contributed by atoms with Crippen molar-refractivity contribution >= 4 is 11.4 Å². The van der Waals surface area contributed by atoms with E-state index in [9.17, 15) is 15.0 Å². The molecule has 0 bridgehead atoms. The molecule has 23 heavy (non-hydrogen) atoms. The number of rotatable bonds is 5. The van der Waals surface area contributed by atoms with Crippen LogP contribution < -0.4 is 0 Å². The molecule has 0 spiro atoms. The summed E-state index contributed by atoms with van der Waals surface area (Å²) in [5, 5.41) is 19.2. The topological polar surface area (TPSA) is 66.8 Å². The molecule has 0 aliphatic heterocycles. The second kappa shape index (κ2) is 7.11. The maximum atomic E-state index is 11.6. The van der Waals surface area contributed by atoms with Gasteiger partial charge in [-0.05, 0) is 49.3 Å². The molecule has 1 unspecified atom stereocenters. The zero-order valence-electron chi connectivity index (χ0n) is 13.2. The molecule has 1 atom stereocenters. The number of carbonyl (C=O) groups excluding carboxylic acids is 1. The van der Waals surface area contributed by atoms with E-state index in [-0.39, 0.29) is 18.0 Å². The summed E-state index contributed by atoms with van der Waals surface area (Å²) in [6, 6.07) is 7.26. The van der Waals surface area contributed by atoms with Crippen molar-refractivity contribution in [2.45, 2.75) is 26.1 Å². The predicted octanol–water partition coefficient (Wildman–Crippen LogP) is 3.45. The van der Waals surface area contributed by atoms with Gasteiger partial charge in [-0.25, -0.2) is 0 Å². The van der Waals surface area contributed by atoms with E-state index in [4.69, 9.17) is 4.74 Å². The molecular formula is C19H20O4. The Kier molecular flexibility index (Phi) is 5.19. The van der Waals surface area contributed by atoms with E-state index in [1.807, 2.05) is 12.1 Å². The molecule has 4 nitrogen and oxygen atoms in total. The standard InChI is InChI=1S/C19H20O4/c1-14(21)18(12-20)17-8-4-3-6-15(17)13-23-16-7-5-10-19(2,22)11-9-16/h3-12,20,22H,13H2,1-2H3/b18-12-. The monoisotopic (exact) mass is 312 g/mol. The van der Waals surface area contributed by atoms with E-state index >= 15 is 0 Å². The van der Waals surface area contributed by atoms with Crippen LogP contribution in [0.4, 0.5) is 0 Å². The van der Waals surface area contributed by atoms with E-state index in [2.05, 4.69) is 0 Å². The first-order chi connectivity index (χ1) is 10.9. The van der Waals surface area contributed by atoms with Gasteiger partial charge in [0.2, 0.25) is 0 Å². The van der Waals surface area contributed by atoms with Gasteiger partial charge in [0.15, 0.2) is 5.78 Å². The van der Waals surface area contributed by atoms with E-state index in [1.165, 1.54) is 6.92 Å². The average molecular weight is 312 g/mol. The van der Waals surface area contributed by atoms with Crippen molar-refractivity contribution in [1.29, 1.82) is 0 Å². The van der Waals surface area contributed by atoms with Crippen molar-refractivity contribution in [3.63, 3.8) is 0 Å². The Morgan fingerprint density at radius 2 is 2.04 bits per heavy atom. The van der Waals surface area contributed by atoms with E-state index < -0.39 is 5.60 Å². The van der Waals surface area contributed by atoms with Crippen LogP contribution in [0.5, 0.6) is 0 Å². The van der Waals surface area contributed by atoms with E-state index in [0.717, 1.165) is 11.8 Å². The molecule has 0 radical (unpaired) electrons. The second-order valence-corrected chi connectivity index (χ2v) is 5.53. The minimum atomic E-state index is -0.999. The molecule has 0 heterocycles. The minimum Gasteiger partial charge on any atom is -0.515 e. The summed E-state index contributed by atoms with van der Waals surface area (Å²) in [4.78, 5) is 11.6. The summed E-state index contributed by atoms with van der Waals surface area (Å²) < 4.78 is 5.75. The van der Waals surface area contributed by atoms with Crippen molar-refractivity contribution in [2.75, 3.05) is 0 Å². The highest BCUT2D eigenvalue weighted by Crippen LogP contribution is 2.22. The van der Waals surface area contributed by atoms with Gasteiger partial charge in [0.1, 0.15) is 12.4 Å². The van der Waals surface area contributed by atoms with Crippen molar-refractivity contribution < 1.29 is 19.7 Å². The minimum absolute atomic E-state index is 0.215. The first-order valence-corrected chi connectivity index (χ1v) is 7.30. The number of ketones is 1. The summed E-state index contributed by atoms with van der Waals surface area (Å²) in [7, 11) is 0. The first kappa shape index (κ1) is 16.8. The molecule has 1 aromatic rings. The number of Topliss-reactive ketones (excluding diaryl/α,β-unsaturated/α-hetero) is 1. The fourth-order valence-corrected chi connectivity index (χ4v) is 2.22. The number of hydrogen-bond acceptors (Lipinski definition) is 4. The van der Waals surface area contributed by atoms with Crippen molar-refractivity contribution in [1.82, 2.24) is 0 Å². The SMILES string of the molecule is CC(=O)/C(=C/O)c1ccccc1COC1=CC=CC(C)(O)C=C1. The number of benzene rings is 1. The Hall–Kier alpha value is -2.59. The first-order valence-electron chi connectivity index (χ1n) is 7.30. The second-order valence-electron chi connectivity index (χ2n) is 5.53. The molecule has 1 aromatic carbocycles. The molecule has 1 aliphatic carbocycles. The lowest BCUT2D eigenvalue weighted by Gasteiger charge is -2.13. The smallest absolute Gasteiger partial charge is 0.163 e. The third-order valence-corrected chi connectivity index (χ3v) is 3.49. The molecule has 120 valence electrons. The van der Waals surface area contributed by atoms with Gasteiger partial charge in [0.05, 0.1) is 17.4 Å². The molecular weight excluding hydrogens is 292 g/mol. The summed E-state index contributed by atoms with van der Waals surface area (Å²) >= 11 is 0. The highest BCUT2D eigenvalue weighted by Gasteiger charge is 2.14. The van der Waals surface area contributed by atoms with Gasteiger partial charge >= 0.3 is 0 Å². The van der Waals surface area contributed by atoms with Crippen LogP contribution in [0, 0.1) is 0 Å². The van der Waals surface area contributed by atoms with E-state index in [1.54, 1.807) is 49.4 Å². The Morgan fingerprint density at radius 1 is 1.30 bits per heavy atom. The van der Waals surface area contributed by atoms with Crippen molar-refractivity contribution in [3.8, 4) is 0 Å². The highest BCUT2D eigenvalue weighted by molar-refractivity contribution is 6.19. The zero-order chi connectivity index (χ0) is 16.9. The predicted molar refractivity (Wildman–Crippen MR) is 89.5 cm³/mol. The number of aliphatic hydroxyl groups excluding tert-OH is 1. The third kappa shape index (κ3) is 4.44. The van der Waals surface area contributed by atoms with E-state index in [0.29, 0.717) is 11.3 Å². The van der Waals surface area contributed by atoms with Crippen molar-refractivity contribution in [2.24, 2.45) is 0 Å². The van der Waals surface area contributed by atoms with Crippen LogP contribution in [0.1, 0.15) is 25.0 Å². The van der Waals surface area contributed by atoms with Crippen LogP contribution in [0.2, 0.25) is 0 Å². The maximum absolute atomic E-state index is 11.6. The Labute approximate surface area is 135 Å². The Balaban J connectivity index is 2.18. The molecule has 4 heteroatoms. The summed E-state index contributed by atoms with van der Waals surface area (Å²) in [5.74, 6) is 0.388. The number of ether oxygens (including phenoxy) is 1. The lowest BCUT2D eigenvalue weighted by molar-refractivity contribution is -0.111. The van der Waals surface area contributed by atoms with Gasteiger partial charge in [0.25, 0.3) is 0 Å². The zero-order valence-corrected chi connectivity index (χ0v) is 13.2. The number of carbonyl (C=O) groups is 1. The molecule has 0 amide bonds. The van der Waals surface area contributed by atoms with Crippen LogP contribution in [0.3, 0.4) is 0 Å². The normalized spacial score (nSPS) is 20.8. The fourth-order valence-electron chi connectivity index (χ4n) is 2.22. The van der Waals surface area contributed by atoms with Gasteiger partial charge < -0.3 is 14.9 Å². The Bertz CT molecular complexity index is 706. The highest BCUT2D eigenvalue weighted by atomic mass is 16.5. The number of aliphatic hydroxyl groups is 2. The summed E-state index contributed by atoms with van der Waals surface area (Å²) in [6.07, 6.45) is 9.32. The van der Waals surface area contributed by atoms with Crippen LogP contribution in [0.15, 0.2) is 66.7 Å². The Morgan fingerprint density at radius 3 is 2.74 bits per heavy atom. The summed E-state index contributed by atoms with van der Waals surface area (Å²) in [6.45, 7) is 3.33.